The maximum absolute atomic E-state index is 12.3. The highest BCUT2D eigenvalue weighted by Crippen LogP contribution is 2.25. The quantitative estimate of drug-likeness (QED) is 0.646. The van der Waals surface area contributed by atoms with Gasteiger partial charge in [-0.15, -0.1) is 11.3 Å². The molecule has 1 unspecified atom stereocenters. The molecular formula is C21H28N4O3S. The lowest BCUT2D eigenvalue weighted by molar-refractivity contribution is -0.131. The first-order valence-electron chi connectivity index (χ1n) is 9.47. The maximum atomic E-state index is 12.3. The van der Waals surface area contributed by atoms with E-state index in [4.69, 9.17) is 0 Å². The summed E-state index contributed by atoms with van der Waals surface area (Å²) in [4.78, 5) is 39.7. The smallest absolute Gasteiger partial charge is 0.248 e. The van der Waals surface area contributed by atoms with Crippen LogP contribution in [-0.2, 0) is 20.8 Å². The van der Waals surface area contributed by atoms with Crippen molar-refractivity contribution >= 4 is 34.2 Å². The molecule has 7 nitrogen and oxygen atoms in total. The van der Waals surface area contributed by atoms with E-state index in [9.17, 15) is 14.4 Å². The van der Waals surface area contributed by atoms with Crippen LogP contribution in [0.4, 0.5) is 5.13 Å². The first-order chi connectivity index (χ1) is 13.6. The van der Waals surface area contributed by atoms with Gasteiger partial charge in [0.15, 0.2) is 5.13 Å². The molecule has 29 heavy (non-hydrogen) atoms. The van der Waals surface area contributed by atoms with Crippen molar-refractivity contribution in [3.63, 3.8) is 0 Å². The van der Waals surface area contributed by atoms with Crippen molar-refractivity contribution in [3.05, 3.63) is 35.2 Å². The predicted octanol–water partition coefficient (Wildman–Crippen LogP) is 2.98. The molecule has 1 atom stereocenters. The van der Waals surface area contributed by atoms with Crippen LogP contribution in [0.5, 0.6) is 0 Å². The summed E-state index contributed by atoms with van der Waals surface area (Å²) in [5, 5.41) is 10.6. The van der Waals surface area contributed by atoms with Crippen LogP contribution in [0.15, 0.2) is 29.6 Å². The molecule has 0 aliphatic heterocycles. The van der Waals surface area contributed by atoms with Gasteiger partial charge in [0.1, 0.15) is 6.04 Å². The molecule has 0 radical (unpaired) electrons. The third-order valence-electron chi connectivity index (χ3n) is 4.19. The summed E-state index contributed by atoms with van der Waals surface area (Å²) in [5.74, 6) is -0.527. The van der Waals surface area contributed by atoms with Crippen LogP contribution in [0, 0.1) is 5.41 Å². The summed E-state index contributed by atoms with van der Waals surface area (Å²) in [5.41, 5.74) is 2.27. The molecule has 1 heterocycles. The molecule has 3 N–H and O–H groups in total. The number of rotatable bonds is 7. The summed E-state index contributed by atoms with van der Waals surface area (Å²) in [6, 6.07) is 7.28. The fourth-order valence-corrected chi connectivity index (χ4v) is 3.10. The number of hydrogen-bond donors (Lipinski definition) is 3. The number of nitrogens with one attached hydrogen (secondary N) is 3. The van der Waals surface area contributed by atoms with Gasteiger partial charge in [-0.05, 0) is 18.9 Å². The monoisotopic (exact) mass is 416 g/mol. The topological polar surface area (TPSA) is 100 Å². The molecule has 2 rings (SSSR count). The number of carbonyl (C=O) groups is 3. The second-order valence-electron chi connectivity index (χ2n) is 7.90. The van der Waals surface area contributed by atoms with E-state index in [1.165, 1.54) is 18.3 Å². The number of thiazole rings is 1. The lowest BCUT2D eigenvalue weighted by Crippen LogP contribution is -2.46. The summed E-state index contributed by atoms with van der Waals surface area (Å²) >= 11 is 1.33. The minimum Gasteiger partial charge on any atom is -0.356 e. The number of amides is 3. The zero-order chi connectivity index (χ0) is 21.6. The summed E-state index contributed by atoms with van der Waals surface area (Å²) in [6.07, 6.45) is 0.760. The SMILES string of the molecule is CC(=O)NCCc1ccc(-c2csc(NC(=O)C(C)NC(=O)C(C)(C)C)n2)cc1. The van der Waals surface area contributed by atoms with Gasteiger partial charge >= 0.3 is 0 Å². The Morgan fingerprint density at radius 3 is 2.38 bits per heavy atom. The molecule has 156 valence electrons. The zero-order valence-corrected chi connectivity index (χ0v) is 18.3. The van der Waals surface area contributed by atoms with Crippen molar-refractivity contribution < 1.29 is 14.4 Å². The highest BCUT2D eigenvalue weighted by Gasteiger charge is 2.25. The van der Waals surface area contributed by atoms with Crippen LogP contribution in [0.25, 0.3) is 11.3 Å². The molecule has 1 aromatic carbocycles. The van der Waals surface area contributed by atoms with Gasteiger partial charge in [0, 0.05) is 29.8 Å². The van der Waals surface area contributed by atoms with Crippen molar-refractivity contribution in [2.75, 3.05) is 11.9 Å². The zero-order valence-electron chi connectivity index (χ0n) is 17.5. The largest absolute Gasteiger partial charge is 0.356 e. The van der Waals surface area contributed by atoms with Crippen molar-refractivity contribution in [3.8, 4) is 11.3 Å². The lowest BCUT2D eigenvalue weighted by atomic mass is 9.95. The number of benzene rings is 1. The number of hydrogen-bond acceptors (Lipinski definition) is 5. The molecule has 3 amide bonds. The molecule has 1 aromatic heterocycles. The third-order valence-corrected chi connectivity index (χ3v) is 4.95. The van der Waals surface area contributed by atoms with E-state index in [1.807, 2.05) is 29.6 Å². The second-order valence-corrected chi connectivity index (χ2v) is 8.76. The Labute approximate surface area is 175 Å². The standard InChI is InChI=1S/C21H28N4O3S/c1-13(23-19(28)21(3,4)5)18(27)25-20-24-17(12-29-20)16-8-6-15(7-9-16)10-11-22-14(2)26/h6-9,12-13H,10-11H2,1-5H3,(H,22,26)(H,23,28)(H,24,25,27). The van der Waals surface area contributed by atoms with E-state index in [2.05, 4.69) is 20.9 Å². The third kappa shape index (κ3) is 6.98. The Kier molecular flexibility index (Phi) is 7.50. The molecular weight excluding hydrogens is 388 g/mol. The second kappa shape index (κ2) is 9.65. The van der Waals surface area contributed by atoms with E-state index in [0.29, 0.717) is 11.7 Å². The normalized spacial score (nSPS) is 12.2. The van der Waals surface area contributed by atoms with E-state index in [0.717, 1.165) is 23.2 Å². The average molecular weight is 417 g/mol. The molecule has 0 bridgehead atoms. The number of aromatic nitrogens is 1. The Morgan fingerprint density at radius 2 is 1.79 bits per heavy atom. The fraction of sp³-hybridized carbons (Fsp3) is 0.429. The number of anilines is 1. The Morgan fingerprint density at radius 1 is 1.14 bits per heavy atom. The van der Waals surface area contributed by atoms with E-state index >= 15 is 0 Å². The molecule has 0 fully saturated rings. The first-order valence-corrected chi connectivity index (χ1v) is 10.4. The highest BCUT2D eigenvalue weighted by atomic mass is 32.1. The van der Waals surface area contributed by atoms with Crippen LogP contribution in [0.3, 0.4) is 0 Å². The minimum atomic E-state index is -0.656. The van der Waals surface area contributed by atoms with Crippen molar-refractivity contribution in [1.29, 1.82) is 0 Å². The molecule has 0 saturated heterocycles. The van der Waals surface area contributed by atoms with Gasteiger partial charge in [-0.3, -0.25) is 14.4 Å². The molecule has 0 saturated carbocycles. The molecule has 2 aromatic rings. The van der Waals surface area contributed by atoms with Gasteiger partial charge in [-0.2, -0.15) is 0 Å². The summed E-state index contributed by atoms with van der Waals surface area (Å²) in [6.45, 7) is 9.14. The Bertz CT molecular complexity index is 869. The maximum Gasteiger partial charge on any atom is 0.248 e. The minimum absolute atomic E-state index is 0.0361. The average Bonchev–Trinajstić information content (AvgIpc) is 3.09. The van der Waals surface area contributed by atoms with Gasteiger partial charge in [0.2, 0.25) is 17.7 Å². The fourth-order valence-electron chi connectivity index (χ4n) is 2.38. The predicted molar refractivity (Wildman–Crippen MR) is 116 cm³/mol. The van der Waals surface area contributed by atoms with E-state index in [-0.39, 0.29) is 17.7 Å². The van der Waals surface area contributed by atoms with Crippen molar-refractivity contribution in [1.82, 2.24) is 15.6 Å². The van der Waals surface area contributed by atoms with Crippen LogP contribution in [0.2, 0.25) is 0 Å². The van der Waals surface area contributed by atoms with Gasteiger partial charge < -0.3 is 16.0 Å². The number of carbonyl (C=O) groups excluding carboxylic acids is 3. The van der Waals surface area contributed by atoms with E-state index < -0.39 is 11.5 Å². The van der Waals surface area contributed by atoms with Gasteiger partial charge in [-0.1, -0.05) is 45.0 Å². The Balaban J connectivity index is 1.94. The molecule has 0 spiro atoms. The van der Waals surface area contributed by atoms with Crippen LogP contribution in [0.1, 0.15) is 40.2 Å². The van der Waals surface area contributed by atoms with E-state index in [1.54, 1.807) is 27.7 Å². The van der Waals surface area contributed by atoms with Crippen LogP contribution < -0.4 is 16.0 Å². The molecule has 8 heteroatoms. The Hall–Kier alpha value is -2.74. The van der Waals surface area contributed by atoms with Gasteiger partial charge in [0.05, 0.1) is 5.69 Å². The first kappa shape index (κ1) is 22.5. The van der Waals surface area contributed by atoms with Crippen molar-refractivity contribution in [2.24, 2.45) is 5.41 Å². The van der Waals surface area contributed by atoms with Gasteiger partial charge in [-0.25, -0.2) is 4.98 Å². The molecule has 0 aliphatic rings. The van der Waals surface area contributed by atoms with Gasteiger partial charge in [0.25, 0.3) is 0 Å². The number of nitrogens with zero attached hydrogens (tertiary/aromatic N) is 1. The molecule has 0 aliphatic carbocycles. The van der Waals surface area contributed by atoms with Crippen LogP contribution >= 0.6 is 11.3 Å². The van der Waals surface area contributed by atoms with Crippen LogP contribution in [-0.4, -0.2) is 35.3 Å². The van der Waals surface area contributed by atoms with Crippen molar-refractivity contribution in [2.45, 2.75) is 47.1 Å². The lowest BCUT2D eigenvalue weighted by Gasteiger charge is -2.21. The summed E-state index contributed by atoms with van der Waals surface area (Å²) in [7, 11) is 0. The summed E-state index contributed by atoms with van der Waals surface area (Å²) < 4.78 is 0. The highest BCUT2D eigenvalue weighted by molar-refractivity contribution is 7.14.